The number of aliphatic carboxylic acids is 1. The minimum absolute atomic E-state index is 0. The van der Waals surface area contributed by atoms with Gasteiger partial charge in [0.05, 0.1) is 0 Å². The van der Waals surface area contributed by atoms with Crippen molar-refractivity contribution in [1.29, 1.82) is 0 Å². The Bertz CT molecular complexity index is 132. The smallest absolute Gasteiger partial charge is 0.480 e. The van der Waals surface area contributed by atoms with Crippen LogP contribution in [0, 0.1) is 0 Å². The molecule has 1 rings (SSSR count). The van der Waals surface area contributed by atoms with E-state index < -0.39 is 11.5 Å². The number of hydrogen-bond acceptors (Lipinski definition) is 2. The van der Waals surface area contributed by atoms with Crippen molar-refractivity contribution in [2.75, 3.05) is 0 Å². The van der Waals surface area contributed by atoms with Crippen LogP contribution in [0.4, 0.5) is 0 Å². The summed E-state index contributed by atoms with van der Waals surface area (Å²) in [5.41, 5.74) is 4.61. The molecular weight excluding hydrogens is 182 g/mol. The molecule has 1 aliphatic rings. The third-order valence-corrected chi connectivity index (χ3v) is 1.92. The molecule has 0 atom stereocenters. The number of nitrogens with two attached hydrogens (primary N) is 1. The maximum atomic E-state index is 10.4. The van der Waals surface area contributed by atoms with Crippen LogP contribution >= 0.6 is 0 Å². The van der Waals surface area contributed by atoms with Crippen LogP contribution in [-0.4, -0.2) is 16.6 Å². The summed E-state index contributed by atoms with van der Waals surface area (Å²) < 4.78 is 0. The van der Waals surface area contributed by atoms with Gasteiger partial charge in [-0.1, -0.05) is 12.8 Å². The van der Waals surface area contributed by atoms with Gasteiger partial charge in [-0.05, 0) is 12.8 Å². The van der Waals surface area contributed by atoms with E-state index in [9.17, 15) is 4.79 Å². The van der Waals surface area contributed by atoms with Crippen LogP contribution in [0.2, 0.25) is 0 Å². The van der Waals surface area contributed by atoms with Crippen molar-refractivity contribution in [3.63, 3.8) is 0 Å². The molecule has 0 aromatic rings. The Morgan fingerprint density at radius 1 is 1.40 bits per heavy atom. The van der Waals surface area contributed by atoms with Gasteiger partial charge in [0.25, 0.3) is 0 Å². The van der Waals surface area contributed by atoms with Gasteiger partial charge in [0.15, 0.2) is 0 Å². The molecule has 3 N–H and O–H groups in total. The van der Waals surface area contributed by atoms with Gasteiger partial charge < -0.3 is 10.8 Å². The quantitative estimate of drug-likeness (QED) is 0.589. The largest absolute Gasteiger partial charge is 2.00 e. The Morgan fingerprint density at radius 2 is 1.80 bits per heavy atom. The van der Waals surface area contributed by atoms with Gasteiger partial charge in [-0.2, -0.15) is 0 Å². The van der Waals surface area contributed by atoms with Crippen LogP contribution in [-0.2, 0) is 21.9 Å². The van der Waals surface area contributed by atoms with Crippen molar-refractivity contribution in [2.24, 2.45) is 5.73 Å². The Morgan fingerprint density at radius 3 is 2.00 bits per heavy atom. The van der Waals surface area contributed by atoms with Gasteiger partial charge in [-0.15, -0.1) is 0 Å². The molecule has 0 unspecified atom stereocenters. The molecule has 1 fully saturated rings. The van der Waals surface area contributed by atoms with E-state index in [1.165, 1.54) is 0 Å². The average molecular weight is 193 g/mol. The van der Waals surface area contributed by atoms with Crippen LogP contribution in [0.1, 0.15) is 25.7 Å². The van der Waals surface area contributed by atoms with Gasteiger partial charge in [0.1, 0.15) is 5.54 Å². The minimum atomic E-state index is -0.889. The summed E-state index contributed by atoms with van der Waals surface area (Å²) in [6.07, 6.45) is 3.20. The van der Waals surface area contributed by atoms with Crippen LogP contribution < -0.4 is 5.73 Å². The number of carboxylic acids is 1. The molecule has 0 bridgehead atoms. The fraction of sp³-hybridized carbons (Fsp3) is 0.833. The number of carboxylic acid groups (broad SMARTS) is 1. The first-order valence-electron chi connectivity index (χ1n) is 3.17. The summed E-state index contributed by atoms with van der Waals surface area (Å²) in [6, 6.07) is 0. The van der Waals surface area contributed by atoms with Gasteiger partial charge in [0.2, 0.25) is 0 Å². The molecule has 0 amide bonds. The molecule has 0 saturated heterocycles. The molecule has 0 aromatic carbocycles. The molecule has 4 heteroatoms. The molecule has 0 heterocycles. The van der Waals surface area contributed by atoms with Crippen LogP contribution in [0.5, 0.6) is 0 Å². The Hall–Kier alpha value is -0.0505. The zero-order valence-corrected chi connectivity index (χ0v) is 6.50. The zero-order valence-electron chi connectivity index (χ0n) is 5.56. The Kier molecular flexibility index (Phi) is 3.36. The maximum Gasteiger partial charge on any atom is 2.00 e. The molecule has 1 saturated carbocycles. The van der Waals surface area contributed by atoms with E-state index in [0.29, 0.717) is 12.8 Å². The molecule has 0 aliphatic heterocycles. The van der Waals surface area contributed by atoms with Crippen molar-refractivity contribution in [2.45, 2.75) is 31.2 Å². The summed E-state index contributed by atoms with van der Waals surface area (Å²) >= 11 is 0. The molecular formula is C6H11CuNO2+2. The van der Waals surface area contributed by atoms with Crippen molar-refractivity contribution in [3.8, 4) is 0 Å². The van der Waals surface area contributed by atoms with Crippen molar-refractivity contribution in [3.05, 3.63) is 0 Å². The average Bonchev–Trinajstić information content (AvgIpc) is 2.16. The van der Waals surface area contributed by atoms with E-state index in [1.54, 1.807) is 0 Å². The third-order valence-electron chi connectivity index (χ3n) is 1.92. The van der Waals surface area contributed by atoms with Gasteiger partial charge >= 0.3 is 23.0 Å². The normalized spacial score (nSPS) is 21.7. The number of rotatable bonds is 1. The monoisotopic (exact) mass is 192 g/mol. The van der Waals surface area contributed by atoms with Crippen molar-refractivity contribution >= 4 is 5.97 Å². The molecule has 61 valence electrons. The first-order chi connectivity index (χ1) is 4.15. The van der Waals surface area contributed by atoms with E-state index >= 15 is 0 Å². The minimum Gasteiger partial charge on any atom is -0.480 e. The van der Waals surface area contributed by atoms with E-state index in [2.05, 4.69) is 0 Å². The summed E-state index contributed by atoms with van der Waals surface area (Å²) in [5.74, 6) is -0.847. The second kappa shape index (κ2) is 3.37. The Labute approximate surface area is 70.4 Å². The molecule has 3 nitrogen and oxygen atoms in total. The molecule has 1 radical (unpaired) electrons. The topological polar surface area (TPSA) is 63.3 Å². The second-order valence-corrected chi connectivity index (χ2v) is 2.67. The molecule has 10 heavy (non-hydrogen) atoms. The predicted octanol–water partition coefficient (Wildman–Crippen LogP) is 0.340. The first-order valence-corrected chi connectivity index (χ1v) is 3.17. The molecule has 0 spiro atoms. The summed E-state index contributed by atoms with van der Waals surface area (Å²) in [4.78, 5) is 10.4. The van der Waals surface area contributed by atoms with E-state index in [0.717, 1.165) is 12.8 Å². The first kappa shape index (κ1) is 9.95. The van der Waals surface area contributed by atoms with Gasteiger partial charge in [-0.25, -0.2) is 0 Å². The van der Waals surface area contributed by atoms with Crippen molar-refractivity contribution < 1.29 is 27.0 Å². The van der Waals surface area contributed by atoms with E-state index in [1.807, 2.05) is 0 Å². The molecule has 0 aromatic heterocycles. The predicted molar refractivity (Wildman–Crippen MR) is 33.0 cm³/mol. The van der Waals surface area contributed by atoms with E-state index in [4.69, 9.17) is 10.8 Å². The fourth-order valence-corrected chi connectivity index (χ4v) is 1.22. The summed E-state index contributed by atoms with van der Waals surface area (Å²) in [5, 5.41) is 8.55. The molecule has 1 aliphatic carbocycles. The second-order valence-electron chi connectivity index (χ2n) is 2.67. The van der Waals surface area contributed by atoms with Gasteiger partial charge in [-0.3, -0.25) is 4.79 Å². The van der Waals surface area contributed by atoms with Crippen LogP contribution in [0.25, 0.3) is 0 Å². The number of hydrogen-bond donors (Lipinski definition) is 2. The fourth-order valence-electron chi connectivity index (χ4n) is 1.22. The SMILES string of the molecule is NC1(C(=O)O)CCCC1.[Cu+2]. The Balaban J connectivity index is 0.000000810. The summed E-state index contributed by atoms with van der Waals surface area (Å²) in [7, 11) is 0. The van der Waals surface area contributed by atoms with Crippen LogP contribution in [0.15, 0.2) is 0 Å². The van der Waals surface area contributed by atoms with Crippen molar-refractivity contribution in [1.82, 2.24) is 0 Å². The van der Waals surface area contributed by atoms with E-state index in [-0.39, 0.29) is 17.1 Å². The standard InChI is InChI=1S/C6H11NO2.Cu/c7-6(5(8)9)3-1-2-4-6;/h1-4,7H2,(H,8,9);/q;+2. The summed E-state index contributed by atoms with van der Waals surface area (Å²) in [6.45, 7) is 0. The van der Waals surface area contributed by atoms with Gasteiger partial charge in [0, 0.05) is 0 Å². The number of carbonyl (C=O) groups is 1. The third kappa shape index (κ3) is 1.72. The van der Waals surface area contributed by atoms with Crippen LogP contribution in [0.3, 0.4) is 0 Å². The zero-order chi connectivity index (χ0) is 6.91. The maximum absolute atomic E-state index is 10.4.